The van der Waals surface area contributed by atoms with Crippen LogP contribution in [0.15, 0.2) is 24.3 Å². The van der Waals surface area contributed by atoms with Gasteiger partial charge in [0.05, 0.1) is 5.56 Å². The maximum atomic E-state index is 12.6. The molecule has 3 rings (SSSR count). The van der Waals surface area contributed by atoms with E-state index in [1.54, 1.807) is 12.1 Å². The van der Waals surface area contributed by atoms with Crippen molar-refractivity contribution in [2.75, 3.05) is 18.0 Å². The number of alkyl halides is 3. The van der Waals surface area contributed by atoms with Crippen LogP contribution in [0.5, 0.6) is 0 Å². The minimum absolute atomic E-state index is 0.425. The van der Waals surface area contributed by atoms with Crippen molar-refractivity contribution in [1.82, 2.24) is 5.32 Å². The third-order valence-electron chi connectivity index (χ3n) is 4.39. The highest BCUT2D eigenvalue weighted by atomic mass is 19.4. The zero-order valence-corrected chi connectivity index (χ0v) is 11.3. The highest BCUT2D eigenvalue weighted by Gasteiger charge is 2.34. The molecule has 0 amide bonds. The van der Waals surface area contributed by atoms with Gasteiger partial charge in [0.1, 0.15) is 0 Å². The second kappa shape index (κ2) is 5.28. The van der Waals surface area contributed by atoms with Crippen LogP contribution < -0.4 is 10.2 Å². The van der Waals surface area contributed by atoms with Gasteiger partial charge in [-0.2, -0.15) is 13.2 Å². The fourth-order valence-electron chi connectivity index (χ4n) is 3.41. The van der Waals surface area contributed by atoms with Crippen LogP contribution >= 0.6 is 0 Å². The summed E-state index contributed by atoms with van der Waals surface area (Å²) in [7, 11) is 0. The molecule has 5 heteroatoms. The van der Waals surface area contributed by atoms with Gasteiger partial charge in [0.25, 0.3) is 0 Å². The molecular weight excluding hydrogens is 265 g/mol. The van der Waals surface area contributed by atoms with Crippen molar-refractivity contribution >= 4 is 5.69 Å². The normalized spacial score (nSPS) is 27.2. The first-order valence-electron chi connectivity index (χ1n) is 7.23. The summed E-state index contributed by atoms with van der Waals surface area (Å²) in [6.45, 7) is 2.00. The number of rotatable bonds is 2. The van der Waals surface area contributed by atoms with E-state index in [-0.39, 0.29) is 0 Å². The number of halogens is 3. The van der Waals surface area contributed by atoms with Crippen LogP contribution in [0.2, 0.25) is 0 Å². The molecule has 20 heavy (non-hydrogen) atoms. The number of nitrogens with zero attached hydrogens (tertiary/aromatic N) is 1. The highest BCUT2D eigenvalue weighted by Crippen LogP contribution is 2.33. The molecule has 0 aliphatic carbocycles. The van der Waals surface area contributed by atoms with Crippen molar-refractivity contribution in [1.29, 1.82) is 0 Å². The van der Waals surface area contributed by atoms with Gasteiger partial charge in [0, 0.05) is 24.3 Å². The van der Waals surface area contributed by atoms with Gasteiger partial charge in [-0.05, 0) is 56.5 Å². The predicted octanol–water partition coefficient (Wildman–Crippen LogP) is 3.43. The molecule has 0 saturated carbocycles. The van der Waals surface area contributed by atoms with E-state index in [1.807, 2.05) is 0 Å². The second-order valence-corrected chi connectivity index (χ2v) is 5.65. The van der Waals surface area contributed by atoms with Gasteiger partial charge in [-0.1, -0.05) is 0 Å². The molecule has 2 saturated heterocycles. The maximum absolute atomic E-state index is 12.6. The summed E-state index contributed by atoms with van der Waals surface area (Å²) in [6, 6.07) is 6.50. The van der Waals surface area contributed by atoms with Crippen LogP contribution in [0.4, 0.5) is 18.9 Å². The Morgan fingerprint density at radius 3 is 2.40 bits per heavy atom. The lowest BCUT2D eigenvalue weighted by atomic mass is 10.0. The summed E-state index contributed by atoms with van der Waals surface area (Å²) in [5, 5.41) is 3.51. The van der Waals surface area contributed by atoms with Crippen LogP contribution in [0.25, 0.3) is 0 Å². The summed E-state index contributed by atoms with van der Waals surface area (Å²) in [4.78, 5) is 2.27. The minimum atomic E-state index is -4.25. The fourth-order valence-corrected chi connectivity index (χ4v) is 3.41. The molecule has 2 nitrogen and oxygen atoms in total. The van der Waals surface area contributed by atoms with E-state index < -0.39 is 11.7 Å². The SMILES string of the molecule is FC(F)(F)c1ccc(N2CCCC2C2CCCN2)cc1. The Morgan fingerprint density at radius 1 is 1.05 bits per heavy atom. The lowest BCUT2D eigenvalue weighted by molar-refractivity contribution is -0.137. The summed E-state index contributed by atoms with van der Waals surface area (Å²) in [5.41, 5.74) is 0.338. The van der Waals surface area contributed by atoms with Crippen molar-refractivity contribution in [2.45, 2.75) is 43.9 Å². The standard InChI is InChI=1S/C15H19F3N2/c16-15(17,18)11-5-7-12(8-6-11)20-10-2-4-14(20)13-3-1-9-19-13/h5-8,13-14,19H,1-4,9-10H2. The first-order valence-corrected chi connectivity index (χ1v) is 7.23. The van der Waals surface area contributed by atoms with Gasteiger partial charge in [0.2, 0.25) is 0 Å². The van der Waals surface area contributed by atoms with Crippen molar-refractivity contribution < 1.29 is 13.2 Å². The Morgan fingerprint density at radius 2 is 1.80 bits per heavy atom. The average Bonchev–Trinajstić information content (AvgIpc) is 3.08. The molecule has 1 aromatic carbocycles. The quantitative estimate of drug-likeness (QED) is 0.895. The Hall–Kier alpha value is -1.23. The molecule has 1 N–H and O–H groups in total. The number of nitrogens with one attached hydrogen (secondary N) is 1. The zero-order valence-electron chi connectivity index (χ0n) is 11.3. The first kappa shape index (κ1) is 13.7. The lowest BCUT2D eigenvalue weighted by Gasteiger charge is -2.31. The van der Waals surface area contributed by atoms with Gasteiger partial charge in [-0.3, -0.25) is 0 Å². The summed E-state index contributed by atoms with van der Waals surface area (Å²) in [6.07, 6.45) is 0.350. The van der Waals surface area contributed by atoms with E-state index in [9.17, 15) is 13.2 Å². The third kappa shape index (κ3) is 2.64. The Balaban J connectivity index is 1.77. The Labute approximate surface area is 117 Å². The number of benzene rings is 1. The molecule has 2 aliphatic rings. The monoisotopic (exact) mass is 284 g/mol. The molecule has 1 aromatic rings. The summed E-state index contributed by atoms with van der Waals surface area (Å²) in [5.74, 6) is 0. The lowest BCUT2D eigenvalue weighted by Crippen LogP contribution is -2.44. The topological polar surface area (TPSA) is 15.3 Å². The number of anilines is 1. The largest absolute Gasteiger partial charge is 0.416 e. The molecule has 2 heterocycles. The smallest absolute Gasteiger partial charge is 0.367 e. The molecule has 2 atom stereocenters. The molecule has 2 fully saturated rings. The minimum Gasteiger partial charge on any atom is -0.367 e. The number of hydrogen-bond donors (Lipinski definition) is 1. The zero-order chi connectivity index (χ0) is 14.2. The third-order valence-corrected chi connectivity index (χ3v) is 4.39. The van der Waals surface area contributed by atoms with Gasteiger partial charge in [-0.15, -0.1) is 0 Å². The average molecular weight is 284 g/mol. The van der Waals surface area contributed by atoms with Crippen LogP contribution in [0.1, 0.15) is 31.2 Å². The predicted molar refractivity (Wildman–Crippen MR) is 72.8 cm³/mol. The van der Waals surface area contributed by atoms with Crippen LogP contribution in [0, 0.1) is 0 Å². The van der Waals surface area contributed by atoms with Crippen LogP contribution in [-0.4, -0.2) is 25.2 Å². The van der Waals surface area contributed by atoms with Crippen molar-refractivity contribution in [2.24, 2.45) is 0 Å². The van der Waals surface area contributed by atoms with Crippen LogP contribution in [0.3, 0.4) is 0 Å². The van der Waals surface area contributed by atoms with Gasteiger partial charge in [-0.25, -0.2) is 0 Å². The molecule has 0 spiro atoms. The second-order valence-electron chi connectivity index (χ2n) is 5.65. The van der Waals surface area contributed by atoms with E-state index in [4.69, 9.17) is 0 Å². The highest BCUT2D eigenvalue weighted by molar-refractivity contribution is 5.50. The van der Waals surface area contributed by atoms with Crippen molar-refractivity contribution in [3.63, 3.8) is 0 Å². The first-order chi connectivity index (χ1) is 9.55. The summed E-state index contributed by atoms with van der Waals surface area (Å²) >= 11 is 0. The molecule has 2 unspecified atom stereocenters. The Kier molecular flexibility index (Phi) is 3.63. The van der Waals surface area contributed by atoms with E-state index >= 15 is 0 Å². The van der Waals surface area contributed by atoms with Crippen molar-refractivity contribution in [3.8, 4) is 0 Å². The molecule has 110 valence electrons. The van der Waals surface area contributed by atoms with Gasteiger partial charge < -0.3 is 10.2 Å². The van der Waals surface area contributed by atoms with Gasteiger partial charge >= 0.3 is 6.18 Å². The van der Waals surface area contributed by atoms with Gasteiger partial charge in [0.15, 0.2) is 0 Å². The van der Waals surface area contributed by atoms with Crippen LogP contribution in [-0.2, 0) is 6.18 Å². The van der Waals surface area contributed by atoms with E-state index in [1.165, 1.54) is 25.0 Å². The summed E-state index contributed by atoms with van der Waals surface area (Å²) < 4.78 is 37.8. The van der Waals surface area contributed by atoms with Crippen molar-refractivity contribution in [3.05, 3.63) is 29.8 Å². The molecule has 2 aliphatic heterocycles. The Bertz CT molecular complexity index is 449. The van der Waals surface area contributed by atoms with E-state index in [0.29, 0.717) is 12.1 Å². The van der Waals surface area contributed by atoms with E-state index in [0.717, 1.165) is 31.6 Å². The number of hydrogen-bond acceptors (Lipinski definition) is 2. The molecule has 0 radical (unpaired) electrons. The molecule has 0 aromatic heterocycles. The molecular formula is C15H19F3N2. The van der Waals surface area contributed by atoms with E-state index in [2.05, 4.69) is 10.2 Å². The fraction of sp³-hybridized carbons (Fsp3) is 0.600. The molecule has 0 bridgehead atoms. The maximum Gasteiger partial charge on any atom is 0.416 e.